The molecule has 0 unspecified atom stereocenters. The summed E-state index contributed by atoms with van der Waals surface area (Å²) in [7, 11) is 0. The van der Waals surface area contributed by atoms with Gasteiger partial charge in [0, 0.05) is 6.61 Å². The number of unbranched alkanes of at least 4 members (excludes halogenated alkanes) is 13. The highest BCUT2D eigenvalue weighted by Crippen LogP contribution is 2.19. The predicted octanol–water partition coefficient (Wildman–Crippen LogP) is 7.18. The number of nitrogens with two attached hydrogens (primary N) is 1. The van der Waals surface area contributed by atoms with Gasteiger partial charge in [-0.05, 0) is 18.6 Å². The maximum Gasteiger partial charge on any atom is 0.142 e. The molecule has 0 saturated heterocycles. The summed E-state index contributed by atoms with van der Waals surface area (Å²) in [4.78, 5) is 0. The van der Waals surface area contributed by atoms with E-state index in [4.69, 9.17) is 24.7 Å². The molecule has 0 aliphatic heterocycles. The maximum absolute atomic E-state index is 5.82. The molecule has 0 fully saturated rings. The zero-order valence-corrected chi connectivity index (χ0v) is 21.4. The van der Waals surface area contributed by atoms with Crippen molar-refractivity contribution in [1.29, 1.82) is 0 Å². The molecule has 0 amide bonds. The van der Waals surface area contributed by atoms with Gasteiger partial charge in [0.15, 0.2) is 0 Å². The Bertz CT molecular complexity index is 526. The highest BCUT2D eigenvalue weighted by molar-refractivity contribution is 5.51. The fourth-order valence-corrected chi connectivity index (χ4v) is 3.76. The van der Waals surface area contributed by atoms with Gasteiger partial charge in [0.2, 0.25) is 0 Å². The van der Waals surface area contributed by atoms with Gasteiger partial charge in [0.05, 0.1) is 38.7 Å². The van der Waals surface area contributed by atoms with E-state index in [1.54, 1.807) is 0 Å². The van der Waals surface area contributed by atoms with Crippen LogP contribution in [-0.2, 0) is 14.2 Å². The van der Waals surface area contributed by atoms with Crippen molar-refractivity contribution < 1.29 is 18.9 Å². The van der Waals surface area contributed by atoms with Crippen molar-refractivity contribution in [1.82, 2.24) is 0 Å². The van der Waals surface area contributed by atoms with Crippen LogP contribution in [0.1, 0.15) is 96.8 Å². The molecule has 192 valence electrons. The van der Waals surface area contributed by atoms with E-state index in [0.717, 1.165) is 13.0 Å². The van der Waals surface area contributed by atoms with Crippen LogP contribution in [-0.4, -0.2) is 46.2 Å². The van der Waals surface area contributed by atoms with Gasteiger partial charge in [-0.1, -0.05) is 103 Å². The van der Waals surface area contributed by atoms with E-state index in [9.17, 15) is 0 Å². The summed E-state index contributed by atoms with van der Waals surface area (Å²) in [6.07, 6.45) is 19.4. The van der Waals surface area contributed by atoms with E-state index in [0.29, 0.717) is 51.1 Å². The smallest absolute Gasteiger partial charge is 0.142 e. The molecule has 2 N–H and O–H groups in total. The Hall–Kier alpha value is -1.30. The summed E-state index contributed by atoms with van der Waals surface area (Å²) >= 11 is 0. The van der Waals surface area contributed by atoms with Crippen molar-refractivity contribution in [3.8, 4) is 5.75 Å². The molecule has 0 heterocycles. The maximum atomic E-state index is 5.82. The largest absolute Gasteiger partial charge is 0.489 e. The average Bonchev–Trinajstić information content (AvgIpc) is 2.83. The monoisotopic (exact) mass is 465 g/mol. The Morgan fingerprint density at radius 2 is 0.939 bits per heavy atom. The molecular weight excluding hydrogens is 414 g/mol. The summed E-state index contributed by atoms with van der Waals surface area (Å²) in [6.45, 7) is 6.56. The molecular formula is C28H51NO4. The number of benzene rings is 1. The van der Waals surface area contributed by atoms with Crippen LogP contribution in [0.5, 0.6) is 5.75 Å². The van der Waals surface area contributed by atoms with Crippen LogP contribution in [0, 0.1) is 0 Å². The second-order valence-electron chi connectivity index (χ2n) is 8.82. The van der Waals surface area contributed by atoms with Crippen LogP contribution >= 0.6 is 0 Å². The van der Waals surface area contributed by atoms with Crippen LogP contribution in [0.25, 0.3) is 0 Å². The molecule has 5 heteroatoms. The van der Waals surface area contributed by atoms with E-state index in [2.05, 4.69) is 6.92 Å². The van der Waals surface area contributed by atoms with Crippen LogP contribution in [0.15, 0.2) is 24.3 Å². The minimum Gasteiger partial charge on any atom is -0.489 e. The minimum absolute atomic E-state index is 0.483. The normalized spacial score (nSPS) is 11.2. The summed E-state index contributed by atoms with van der Waals surface area (Å²) in [6, 6.07) is 7.48. The van der Waals surface area contributed by atoms with E-state index >= 15 is 0 Å². The third-order valence-corrected chi connectivity index (χ3v) is 5.79. The number of nitrogen functional groups attached to an aromatic ring is 1. The SMILES string of the molecule is CCCCCCCCCCCCCCCCOCCOCCOCCOc1ccccc1N. The molecule has 1 rings (SSSR count). The lowest BCUT2D eigenvalue weighted by Crippen LogP contribution is -2.13. The van der Waals surface area contributed by atoms with Crippen molar-refractivity contribution in [2.75, 3.05) is 52.0 Å². The molecule has 33 heavy (non-hydrogen) atoms. The fourth-order valence-electron chi connectivity index (χ4n) is 3.76. The third-order valence-electron chi connectivity index (χ3n) is 5.79. The number of para-hydroxylation sites is 2. The Morgan fingerprint density at radius 1 is 0.515 bits per heavy atom. The molecule has 0 bridgehead atoms. The third kappa shape index (κ3) is 19.8. The number of hydrogen-bond donors (Lipinski definition) is 1. The number of ether oxygens (including phenoxy) is 4. The zero-order chi connectivity index (χ0) is 23.7. The molecule has 0 atom stereocenters. The first-order chi connectivity index (χ1) is 16.3. The van der Waals surface area contributed by atoms with Crippen molar-refractivity contribution in [2.24, 2.45) is 0 Å². The highest BCUT2D eigenvalue weighted by Gasteiger charge is 1.98. The summed E-state index contributed by atoms with van der Waals surface area (Å²) in [5, 5.41) is 0. The van der Waals surface area contributed by atoms with Crippen LogP contribution in [0.3, 0.4) is 0 Å². The molecule has 1 aromatic carbocycles. The quantitative estimate of drug-likeness (QED) is 0.122. The molecule has 0 aromatic heterocycles. The van der Waals surface area contributed by atoms with E-state index < -0.39 is 0 Å². The van der Waals surface area contributed by atoms with Gasteiger partial charge in [-0.15, -0.1) is 0 Å². The molecule has 0 spiro atoms. The van der Waals surface area contributed by atoms with Gasteiger partial charge in [-0.2, -0.15) is 0 Å². The minimum atomic E-state index is 0.483. The summed E-state index contributed by atoms with van der Waals surface area (Å²) in [5.41, 5.74) is 6.47. The number of rotatable bonds is 25. The topological polar surface area (TPSA) is 62.9 Å². The molecule has 0 aliphatic carbocycles. The van der Waals surface area contributed by atoms with E-state index in [1.165, 1.54) is 83.5 Å². The molecule has 0 aliphatic rings. The van der Waals surface area contributed by atoms with Crippen molar-refractivity contribution in [2.45, 2.75) is 96.8 Å². The first kappa shape index (κ1) is 29.7. The lowest BCUT2D eigenvalue weighted by Gasteiger charge is -2.09. The van der Waals surface area contributed by atoms with Gasteiger partial charge < -0.3 is 24.7 Å². The Balaban J connectivity index is 1.67. The van der Waals surface area contributed by atoms with Gasteiger partial charge in [-0.3, -0.25) is 0 Å². The Kier molecular flexibility index (Phi) is 21.5. The number of hydrogen-bond acceptors (Lipinski definition) is 5. The Labute approximate surface area is 203 Å². The summed E-state index contributed by atoms with van der Waals surface area (Å²) < 4.78 is 22.3. The van der Waals surface area contributed by atoms with Gasteiger partial charge in [0.1, 0.15) is 12.4 Å². The van der Waals surface area contributed by atoms with E-state index in [-0.39, 0.29) is 0 Å². The Morgan fingerprint density at radius 3 is 1.45 bits per heavy atom. The highest BCUT2D eigenvalue weighted by atomic mass is 16.6. The number of anilines is 1. The zero-order valence-electron chi connectivity index (χ0n) is 21.4. The summed E-state index contributed by atoms with van der Waals surface area (Å²) in [5.74, 6) is 0.702. The van der Waals surface area contributed by atoms with E-state index in [1.807, 2.05) is 24.3 Å². The lowest BCUT2D eigenvalue weighted by molar-refractivity contribution is 0.00882. The van der Waals surface area contributed by atoms with Crippen LogP contribution < -0.4 is 10.5 Å². The standard InChI is InChI=1S/C28H51NO4/c1-2-3-4-5-6-7-8-9-10-11-12-13-14-17-20-30-21-22-31-23-24-32-25-26-33-28-19-16-15-18-27(28)29/h15-16,18-19H,2-14,17,20-26,29H2,1H3. The van der Waals surface area contributed by atoms with Gasteiger partial charge in [-0.25, -0.2) is 0 Å². The van der Waals surface area contributed by atoms with Gasteiger partial charge in [0.25, 0.3) is 0 Å². The van der Waals surface area contributed by atoms with Gasteiger partial charge >= 0.3 is 0 Å². The first-order valence-electron chi connectivity index (χ1n) is 13.5. The predicted molar refractivity (Wildman–Crippen MR) is 139 cm³/mol. The average molecular weight is 466 g/mol. The molecule has 0 saturated carbocycles. The second kappa shape index (κ2) is 23.8. The van der Waals surface area contributed by atoms with Crippen molar-refractivity contribution in [3.05, 3.63) is 24.3 Å². The fraction of sp³-hybridized carbons (Fsp3) is 0.786. The molecule has 0 radical (unpaired) electrons. The van der Waals surface area contributed by atoms with Crippen molar-refractivity contribution >= 4 is 5.69 Å². The van der Waals surface area contributed by atoms with Crippen LogP contribution in [0.2, 0.25) is 0 Å². The van der Waals surface area contributed by atoms with Crippen LogP contribution in [0.4, 0.5) is 5.69 Å². The van der Waals surface area contributed by atoms with Crippen molar-refractivity contribution in [3.63, 3.8) is 0 Å². The second-order valence-corrected chi connectivity index (χ2v) is 8.82. The lowest BCUT2D eigenvalue weighted by atomic mass is 10.0. The molecule has 1 aromatic rings. The first-order valence-corrected chi connectivity index (χ1v) is 13.5. The molecule has 5 nitrogen and oxygen atoms in total.